The molecule has 0 heterocycles. The van der Waals surface area contributed by atoms with Crippen LogP contribution in [0.4, 0.5) is 5.69 Å². The molecule has 0 bridgehead atoms. The summed E-state index contributed by atoms with van der Waals surface area (Å²) in [5.74, 6) is 0.584. The van der Waals surface area contributed by atoms with Gasteiger partial charge in [0.15, 0.2) is 0 Å². The fourth-order valence-corrected chi connectivity index (χ4v) is 3.95. The third-order valence-corrected chi connectivity index (χ3v) is 5.56. The SMILES string of the molecule is COc1ccc(OC)c(NC(=O)[C@H](C)NS(=O)(=O)c2cc(C)ccc2OC)c1. The van der Waals surface area contributed by atoms with Crippen LogP contribution >= 0.6 is 0 Å². The van der Waals surface area contributed by atoms with Gasteiger partial charge in [-0.1, -0.05) is 6.07 Å². The second kappa shape index (κ2) is 8.94. The van der Waals surface area contributed by atoms with Crippen molar-refractivity contribution in [1.29, 1.82) is 0 Å². The molecule has 0 saturated heterocycles. The highest BCUT2D eigenvalue weighted by Gasteiger charge is 2.25. The van der Waals surface area contributed by atoms with Gasteiger partial charge in [-0.05, 0) is 43.7 Å². The predicted molar refractivity (Wildman–Crippen MR) is 106 cm³/mol. The number of carbonyl (C=O) groups is 1. The minimum atomic E-state index is -3.98. The predicted octanol–water partition coefficient (Wildman–Crippen LogP) is 2.33. The van der Waals surface area contributed by atoms with Crippen LogP contribution in [0.1, 0.15) is 12.5 Å². The molecule has 0 fully saturated rings. The molecule has 8 nitrogen and oxygen atoms in total. The first-order chi connectivity index (χ1) is 13.2. The molecule has 28 heavy (non-hydrogen) atoms. The van der Waals surface area contributed by atoms with Crippen LogP contribution in [0.25, 0.3) is 0 Å². The summed E-state index contributed by atoms with van der Waals surface area (Å²) in [5.41, 5.74) is 1.12. The minimum absolute atomic E-state index is 0.0337. The highest BCUT2D eigenvalue weighted by Crippen LogP contribution is 2.29. The summed E-state index contributed by atoms with van der Waals surface area (Å²) in [6, 6.07) is 8.65. The number of rotatable bonds is 8. The zero-order valence-electron chi connectivity index (χ0n) is 16.4. The molecule has 2 aromatic carbocycles. The topological polar surface area (TPSA) is 103 Å². The maximum atomic E-state index is 12.7. The van der Waals surface area contributed by atoms with Gasteiger partial charge in [0, 0.05) is 6.07 Å². The van der Waals surface area contributed by atoms with E-state index in [0.29, 0.717) is 17.2 Å². The van der Waals surface area contributed by atoms with Crippen LogP contribution in [-0.2, 0) is 14.8 Å². The third-order valence-electron chi connectivity index (χ3n) is 4.00. The molecule has 0 aliphatic rings. The molecule has 2 aromatic rings. The first kappa shape index (κ1) is 21.5. The minimum Gasteiger partial charge on any atom is -0.497 e. The fourth-order valence-electron chi connectivity index (χ4n) is 2.50. The number of methoxy groups -OCH3 is 3. The maximum Gasteiger partial charge on any atom is 0.244 e. The molecular weight excluding hydrogens is 384 g/mol. The highest BCUT2D eigenvalue weighted by molar-refractivity contribution is 7.89. The molecule has 0 radical (unpaired) electrons. The summed E-state index contributed by atoms with van der Waals surface area (Å²) < 4.78 is 43.3. The number of carbonyl (C=O) groups excluding carboxylic acids is 1. The molecule has 9 heteroatoms. The number of hydrogen-bond donors (Lipinski definition) is 2. The summed E-state index contributed by atoms with van der Waals surface area (Å²) in [7, 11) is 0.367. The standard InChI is InChI=1S/C19H24N2O6S/c1-12-6-8-17(27-5)18(10-12)28(23,24)21-13(2)19(22)20-15-11-14(25-3)7-9-16(15)26-4/h6-11,13,21H,1-5H3,(H,20,22)/t13-/m0/s1. The molecule has 0 aliphatic heterocycles. The van der Waals surface area contributed by atoms with E-state index < -0.39 is 22.0 Å². The van der Waals surface area contributed by atoms with E-state index in [1.165, 1.54) is 34.3 Å². The molecule has 1 amide bonds. The van der Waals surface area contributed by atoms with Crippen molar-refractivity contribution in [2.75, 3.05) is 26.6 Å². The van der Waals surface area contributed by atoms with Gasteiger partial charge in [-0.3, -0.25) is 4.79 Å². The Balaban J connectivity index is 2.22. The van der Waals surface area contributed by atoms with Gasteiger partial charge in [-0.25, -0.2) is 8.42 Å². The average molecular weight is 408 g/mol. The summed E-state index contributed by atoms with van der Waals surface area (Å²) in [6.07, 6.45) is 0. The van der Waals surface area contributed by atoms with E-state index in [-0.39, 0.29) is 10.6 Å². The Kier molecular flexibility index (Phi) is 6.87. The van der Waals surface area contributed by atoms with Crippen LogP contribution in [-0.4, -0.2) is 41.7 Å². The van der Waals surface area contributed by atoms with Gasteiger partial charge in [0.05, 0.1) is 33.1 Å². The number of hydrogen-bond acceptors (Lipinski definition) is 6. The van der Waals surface area contributed by atoms with Gasteiger partial charge in [-0.2, -0.15) is 4.72 Å². The summed E-state index contributed by atoms with van der Waals surface area (Å²) >= 11 is 0. The lowest BCUT2D eigenvalue weighted by Gasteiger charge is -2.17. The number of amides is 1. The molecule has 152 valence electrons. The average Bonchev–Trinajstić information content (AvgIpc) is 2.67. The molecule has 0 unspecified atom stereocenters. The highest BCUT2D eigenvalue weighted by atomic mass is 32.2. The molecule has 0 saturated carbocycles. The van der Waals surface area contributed by atoms with Gasteiger partial charge < -0.3 is 19.5 Å². The van der Waals surface area contributed by atoms with Gasteiger partial charge in [0.25, 0.3) is 0 Å². The molecule has 2 rings (SSSR count). The number of aryl methyl sites for hydroxylation is 1. The molecule has 2 N–H and O–H groups in total. The quantitative estimate of drug-likeness (QED) is 0.695. The lowest BCUT2D eigenvalue weighted by Crippen LogP contribution is -2.41. The molecule has 0 spiro atoms. The Hall–Kier alpha value is -2.78. The first-order valence-corrected chi connectivity index (χ1v) is 9.90. The summed E-state index contributed by atoms with van der Waals surface area (Å²) in [4.78, 5) is 12.5. The monoisotopic (exact) mass is 408 g/mol. The second-order valence-corrected chi connectivity index (χ2v) is 7.74. The van der Waals surface area contributed by atoms with E-state index in [1.807, 2.05) is 0 Å². The van der Waals surface area contributed by atoms with Crippen molar-refractivity contribution in [1.82, 2.24) is 4.72 Å². The zero-order chi connectivity index (χ0) is 20.9. The number of anilines is 1. The van der Waals surface area contributed by atoms with E-state index in [9.17, 15) is 13.2 Å². The van der Waals surface area contributed by atoms with Gasteiger partial charge in [0.1, 0.15) is 22.1 Å². The largest absolute Gasteiger partial charge is 0.497 e. The number of sulfonamides is 1. The van der Waals surface area contributed by atoms with Crippen molar-refractivity contribution in [2.45, 2.75) is 24.8 Å². The lowest BCUT2D eigenvalue weighted by atomic mass is 10.2. The van der Waals surface area contributed by atoms with Crippen LogP contribution < -0.4 is 24.2 Å². The van der Waals surface area contributed by atoms with Gasteiger partial charge in [0.2, 0.25) is 15.9 Å². The summed E-state index contributed by atoms with van der Waals surface area (Å²) in [5, 5.41) is 2.65. The van der Waals surface area contributed by atoms with E-state index in [2.05, 4.69) is 10.0 Å². The van der Waals surface area contributed by atoms with E-state index >= 15 is 0 Å². The molecule has 0 aromatic heterocycles. The van der Waals surface area contributed by atoms with Gasteiger partial charge in [-0.15, -0.1) is 0 Å². The Morgan fingerprint density at radius 3 is 2.21 bits per heavy atom. The van der Waals surface area contributed by atoms with Crippen LogP contribution in [0.2, 0.25) is 0 Å². The van der Waals surface area contributed by atoms with Crippen molar-refractivity contribution in [3.05, 3.63) is 42.0 Å². The Morgan fingerprint density at radius 1 is 0.964 bits per heavy atom. The van der Waals surface area contributed by atoms with Crippen LogP contribution in [0.15, 0.2) is 41.3 Å². The van der Waals surface area contributed by atoms with E-state index in [4.69, 9.17) is 14.2 Å². The van der Waals surface area contributed by atoms with Crippen LogP contribution in [0.5, 0.6) is 17.2 Å². The van der Waals surface area contributed by atoms with Crippen molar-refractivity contribution in [2.24, 2.45) is 0 Å². The summed E-state index contributed by atoms with van der Waals surface area (Å²) in [6.45, 7) is 3.21. The molecule has 0 aliphatic carbocycles. The Labute approximate surface area is 164 Å². The molecular formula is C19H24N2O6S. The lowest BCUT2D eigenvalue weighted by molar-refractivity contribution is -0.117. The van der Waals surface area contributed by atoms with E-state index in [0.717, 1.165) is 5.56 Å². The van der Waals surface area contributed by atoms with Crippen LogP contribution in [0, 0.1) is 6.92 Å². The molecule has 1 atom stereocenters. The second-order valence-electron chi connectivity index (χ2n) is 6.05. The van der Waals surface area contributed by atoms with Crippen LogP contribution in [0.3, 0.4) is 0 Å². The van der Waals surface area contributed by atoms with Crippen molar-refractivity contribution in [3.63, 3.8) is 0 Å². The number of benzene rings is 2. The zero-order valence-corrected chi connectivity index (χ0v) is 17.2. The fraction of sp³-hybridized carbons (Fsp3) is 0.316. The number of ether oxygens (including phenoxy) is 3. The smallest absolute Gasteiger partial charge is 0.244 e. The van der Waals surface area contributed by atoms with Crippen molar-refractivity contribution < 1.29 is 27.4 Å². The van der Waals surface area contributed by atoms with Gasteiger partial charge >= 0.3 is 0 Å². The Morgan fingerprint density at radius 2 is 1.61 bits per heavy atom. The normalized spacial score (nSPS) is 12.2. The Bertz CT molecular complexity index is 959. The first-order valence-electron chi connectivity index (χ1n) is 8.41. The number of nitrogens with one attached hydrogen (secondary N) is 2. The van der Waals surface area contributed by atoms with E-state index in [1.54, 1.807) is 37.3 Å². The maximum absolute atomic E-state index is 12.7. The third kappa shape index (κ3) is 4.93. The van der Waals surface area contributed by atoms with Crippen molar-refractivity contribution >= 4 is 21.6 Å². The van der Waals surface area contributed by atoms with Crippen molar-refractivity contribution in [3.8, 4) is 17.2 Å².